The van der Waals surface area contributed by atoms with Crippen LogP contribution in [-0.2, 0) is 0 Å². The molecule has 1 saturated heterocycles. The Morgan fingerprint density at radius 1 is 1.23 bits per heavy atom. The van der Waals surface area contributed by atoms with Crippen molar-refractivity contribution in [3.63, 3.8) is 0 Å². The van der Waals surface area contributed by atoms with Crippen LogP contribution in [0.3, 0.4) is 0 Å². The summed E-state index contributed by atoms with van der Waals surface area (Å²) in [5.41, 5.74) is 3.37. The zero-order chi connectivity index (χ0) is 18.7. The SMILES string of the molecule is COc1ccc(C)cc1C(C)NC(=O)c1ccc(N2CCNC2=O)cc1. The van der Waals surface area contributed by atoms with Gasteiger partial charge in [-0.1, -0.05) is 17.7 Å². The van der Waals surface area contributed by atoms with Gasteiger partial charge in [0.1, 0.15) is 5.75 Å². The maximum Gasteiger partial charge on any atom is 0.321 e. The zero-order valence-corrected chi connectivity index (χ0v) is 15.2. The summed E-state index contributed by atoms with van der Waals surface area (Å²) < 4.78 is 5.40. The first-order valence-corrected chi connectivity index (χ1v) is 8.60. The second-order valence-electron chi connectivity index (χ2n) is 6.37. The van der Waals surface area contributed by atoms with Crippen LogP contribution in [0.1, 0.15) is 34.5 Å². The first kappa shape index (κ1) is 17.8. The van der Waals surface area contributed by atoms with Crippen molar-refractivity contribution in [2.45, 2.75) is 19.9 Å². The topological polar surface area (TPSA) is 70.7 Å². The number of carbonyl (C=O) groups excluding carboxylic acids is 2. The van der Waals surface area contributed by atoms with E-state index in [9.17, 15) is 9.59 Å². The van der Waals surface area contributed by atoms with Crippen molar-refractivity contribution in [1.82, 2.24) is 10.6 Å². The maximum atomic E-state index is 12.6. The van der Waals surface area contributed by atoms with E-state index >= 15 is 0 Å². The Bertz CT molecular complexity index is 818. The summed E-state index contributed by atoms with van der Waals surface area (Å²) in [5, 5.41) is 5.76. The van der Waals surface area contributed by atoms with Crippen LogP contribution in [-0.4, -0.2) is 32.1 Å². The van der Waals surface area contributed by atoms with Gasteiger partial charge < -0.3 is 15.4 Å². The van der Waals surface area contributed by atoms with E-state index in [2.05, 4.69) is 10.6 Å². The standard InChI is InChI=1S/C20H23N3O3/c1-13-4-9-18(26-3)17(12-13)14(2)22-19(24)15-5-7-16(8-6-15)23-11-10-21-20(23)25/h4-9,12,14H,10-11H2,1-3H3,(H,21,25)(H,22,24). The number of rotatable bonds is 5. The van der Waals surface area contributed by atoms with E-state index in [4.69, 9.17) is 4.74 Å². The molecule has 6 heteroatoms. The first-order chi connectivity index (χ1) is 12.5. The second kappa shape index (κ2) is 7.47. The Labute approximate surface area is 153 Å². The minimum atomic E-state index is -0.193. The number of hydrogen-bond acceptors (Lipinski definition) is 3. The fourth-order valence-corrected chi connectivity index (χ4v) is 3.06. The number of benzene rings is 2. The predicted octanol–water partition coefficient (Wildman–Crippen LogP) is 3.02. The van der Waals surface area contributed by atoms with Crippen molar-refractivity contribution >= 4 is 17.6 Å². The van der Waals surface area contributed by atoms with Crippen molar-refractivity contribution in [3.8, 4) is 5.75 Å². The molecule has 0 saturated carbocycles. The minimum absolute atomic E-state index is 0.109. The van der Waals surface area contributed by atoms with Crippen molar-refractivity contribution in [2.75, 3.05) is 25.1 Å². The summed E-state index contributed by atoms with van der Waals surface area (Å²) in [7, 11) is 1.62. The maximum absolute atomic E-state index is 12.6. The second-order valence-corrected chi connectivity index (χ2v) is 6.37. The summed E-state index contributed by atoms with van der Waals surface area (Å²) in [6.45, 7) is 5.20. The first-order valence-electron chi connectivity index (χ1n) is 8.60. The summed E-state index contributed by atoms with van der Waals surface area (Å²) in [5.74, 6) is 0.581. The van der Waals surface area contributed by atoms with Gasteiger partial charge in [0.2, 0.25) is 0 Å². The molecule has 2 aromatic rings. The number of urea groups is 1. The number of aryl methyl sites for hydroxylation is 1. The number of carbonyl (C=O) groups is 2. The predicted molar refractivity (Wildman–Crippen MR) is 101 cm³/mol. The van der Waals surface area contributed by atoms with Gasteiger partial charge in [0, 0.05) is 29.9 Å². The number of nitrogens with one attached hydrogen (secondary N) is 2. The van der Waals surface area contributed by atoms with E-state index in [1.165, 1.54) is 0 Å². The largest absolute Gasteiger partial charge is 0.496 e. The molecule has 3 rings (SSSR count). The van der Waals surface area contributed by atoms with Crippen molar-refractivity contribution in [1.29, 1.82) is 0 Å². The molecule has 0 aromatic heterocycles. The monoisotopic (exact) mass is 353 g/mol. The molecule has 1 aliphatic rings. The number of anilines is 1. The molecule has 0 bridgehead atoms. The van der Waals surface area contributed by atoms with Gasteiger partial charge in [-0.25, -0.2) is 4.79 Å². The molecular weight excluding hydrogens is 330 g/mol. The van der Waals surface area contributed by atoms with E-state index in [1.54, 1.807) is 36.3 Å². The van der Waals surface area contributed by atoms with Crippen LogP contribution in [0.4, 0.5) is 10.5 Å². The third-order valence-electron chi connectivity index (χ3n) is 4.50. The van der Waals surface area contributed by atoms with Crippen molar-refractivity contribution in [3.05, 3.63) is 59.2 Å². The molecule has 1 atom stereocenters. The molecule has 2 aromatic carbocycles. The molecule has 0 spiro atoms. The Hall–Kier alpha value is -3.02. The highest BCUT2D eigenvalue weighted by Gasteiger charge is 2.21. The molecular formula is C20H23N3O3. The van der Waals surface area contributed by atoms with Gasteiger partial charge in [-0.05, 0) is 44.2 Å². The van der Waals surface area contributed by atoms with E-state index in [0.29, 0.717) is 18.7 Å². The smallest absolute Gasteiger partial charge is 0.321 e. The fraction of sp³-hybridized carbons (Fsp3) is 0.300. The zero-order valence-electron chi connectivity index (χ0n) is 15.2. The van der Waals surface area contributed by atoms with Gasteiger partial charge in [0.25, 0.3) is 5.91 Å². The lowest BCUT2D eigenvalue weighted by Crippen LogP contribution is -2.28. The van der Waals surface area contributed by atoms with Gasteiger partial charge in [-0.3, -0.25) is 9.69 Å². The average molecular weight is 353 g/mol. The molecule has 1 unspecified atom stereocenters. The highest BCUT2D eigenvalue weighted by atomic mass is 16.5. The number of nitrogens with zero attached hydrogens (tertiary/aromatic N) is 1. The number of ether oxygens (including phenoxy) is 1. The van der Waals surface area contributed by atoms with Crippen LogP contribution < -0.4 is 20.3 Å². The lowest BCUT2D eigenvalue weighted by molar-refractivity contribution is 0.0939. The van der Waals surface area contributed by atoms with Crippen LogP contribution >= 0.6 is 0 Å². The Morgan fingerprint density at radius 2 is 1.96 bits per heavy atom. The molecule has 0 radical (unpaired) electrons. The number of methoxy groups -OCH3 is 1. The van der Waals surface area contributed by atoms with E-state index in [1.807, 2.05) is 32.0 Å². The summed E-state index contributed by atoms with van der Waals surface area (Å²) in [6, 6.07) is 12.6. The third kappa shape index (κ3) is 3.64. The van der Waals surface area contributed by atoms with E-state index < -0.39 is 0 Å². The Kier molecular flexibility index (Phi) is 5.11. The normalized spacial score (nSPS) is 14.7. The van der Waals surface area contributed by atoms with E-state index in [0.717, 1.165) is 22.6 Å². The van der Waals surface area contributed by atoms with E-state index in [-0.39, 0.29) is 18.0 Å². The Morgan fingerprint density at radius 3 is 2.58 bits per heavy atom. The van der Waals surface area contributed by atoms with Gasteiger partial charge in [0.05, 0.1) is 13.2 Å². The summed E-state index contributed by atoms with van der Waals surface area (Å²) in [6.07, 6.45) is 0. The molecule has 3 amide bonds. The lowest BCUT2D eigenvalue weighted by Gasteiger charge is -2.18. The minimum Gasteiger partial charge on any atom is -0.496 e. The molecule has 26 heavy (non-hydrogen) atoms. The fourth-order valence-electron chi connectivity index (χ4n) is 3.06. The molecule has 2 N–H and O–H groups in total. The summed E-state index contributed by atoms with van der Waals surface area (Å²) >= 11 is 0. The molecule has 1 aliphatic heterocycles. The molecule has 1 fully saturated rings. The third-order valence-corrected chi connectivity index (χ3v) is 4.50. The van der Waals surface area contributed by atoms with Crippen LogP contribution in [0.15, 0.2) is 42.5 Å². The highest BCUT2D eigenvalue weighted by Crippen LogP contribution is 2.26. The van der Waals surface area contributed by atoms with Crippen molar-refractivity contribution < 1.29 is 14.3 Å². The van der Waals surface area contributed by atoms with Gasteiger partial charge in [0.15, 0.2) is 0 Å². The van der Waals surface area contributed by atoms with Gasteiger partial charge in [-0.2, -0.15) is 0 Å². The van der Waals surface area contributed by atoms with Crippen LogP contribution in [0.5, 0.6) is 5.75 Å². The molecule has 1 heterocycles. The van der Waals surface area contributed by atoms with Crippen LogP contribution in [0.25, 0.3) is 0 Å². The van der Waals surface area contributed by atoms with Crippen molar-refractivity contribution in [2.24, 2.45) is 0 Å². The highest BCUT2D eigenvalue weighted by molar-refractivity contribution is 5.97. The van der Waals surface area contributed by atoms with Crippen LogP contribution in [0.2, 0.25) is 0 Å². The van der Waals surface area contributed by atoms with Crippen LogP contribution in [0, 0.1) is 6.92 Å². The quantitative estimate of drug-likeness (QED) is 0.868. The molecule has 136 valence electrons. The number of hydrogen-bond donors (Lipinski definition) is 2. The van der Waals surface area contributed by atoms with Gasteiger partial charge in [-0.15, -0.1) is 0 Å². The number of amides is 3. The lowest BCUT2D eigenvalue weighted by atomic mass is 10.0. The Balaban J connectivity index is 1.72. The average Bonchev–Trinajstić information content (AvgIpc) is 3.07. The molecule has 6 nitrogen and oxygen atoms in total. The van der Waals surface area contributed by atoms with Gasteiger partial charge >= 0.3 is 6.03 Å². The molecule has 0 aliphatic carbocycles. The summed E-state index contributed by atoms with van der Waals surface area (Å²) in [4.78, 5) is 25.9.